The lowest BCUT2D eigenvalue weighted by Gasteiger charge is -2.26. The van der Waals surface area contributed by atoms with E-state index in [9.17, 15) is 5.26 Å². The molecule has 0 amide bonds. The van der Waals surface area contributed by atoms with Crippen LogP contribution in [0.5, 0.6) is 0 Å². The van der Waals surface area contributed by atoms with Crippen molar-refractivity contribution in [2.45, 2.75) is 0 Å². The zero-order chi connectivity index (χ0) is 36.9. The predicted octanol–water partition coefficient (Wildman–Crippen LogP) is 13.3. The lowest BCUT2D eigenvalue weighted by atomic mass is 9.88. The van der Waals surface area contributed by atoms with Gasteiger partial charge in [-0.05, 0) is 92.0 Å². The summed E-state index contributed by atoms with van der Waals surface area (Å²) >= 11 is 0. The maximum absolute atomic E-state index is 9.82. The Morgan fingerprint density at radius 2 is 0.927 bits per heavy atom. The highest BCUT2D eigenvalue weighted by Crippen LogP contribution is 2.53. The minimum atomic E-state index is 0.0279. The number of hydrogen-bond donors (Lipinski definition) is 0. The van der Waals surface area contributed by atoms with Gasteiger partial charge in [-0.15, -0.1) is 4.98 Å². The van der Waals surface area contributed by atoms with Gasteiger partial charge in [-0.3, -0.25) is 0 Å². The number of anilines is 3. The van der Waals surface area contributed by atoms with Gasteiger partial charge >= 0.3 is 5.82 Å². The molecule has 0 spiro atoms. The Kier molecular flexibility index (Phi) is 7.51. The standard InChI is InChI=1S/C50H29N5/c1-52-50-44(31-51)53-49-47-41-16-9-8-15-40(41)45(42-17-10-18-43(46(42)47)48(49)54-50)36-23-29-39(30-24-36)55(37-25-19-34(20-26-37)32-11-4-2-5-12-32)38-27-21-35(22-28-38)33-13-6-3-7-14-33/h2-30H. The van der Waals surface area contributed by atoms with Gasteiger partial charge in [0.05, 0.1) is 0 Å². The molecule has 1 aliphatic carbocycles. The van der Waals surface area contributed by atoms with Crippen LogP contribution in [-0.2, 0) is 0 Å². The van der Waals surface area contributed by atoms with Gasteiger partial charge in [0.1, 0.15) is 11.8 Å². The van der Waals surface area contributed by atoms with Crippen molar-refractivity contribution in [1.82, 2.24) is 9.97 Å². The van der Waals surface area contributed by atoms with E-state index in [4.69, 9.17) is 11.6 Å². The van der Waals surface area contributed by atoms with Gasteiger partial charge in [-0.2, -0.15) is 5.26 Å². The largest absolute Gasteiger partial charge is 0.358 e. The Morgan fingerprint density at radius 3 is 1.45 bits per heavy atom. The van der Waals surface area contributed by atoms with Crippen molar-refractivity contribution < 1.29 is 0 Å². The summed E-state index contributed by atoms with van der Waals surface area (Å²) in [6.45, 7) is 7.65. The first-order valence-electron chi connectivity index (χ1n) is 18.1. The van der Waals surface area contributed by atoms with Crippen LogP contribution in [0.2, 0.25) is 0 Å². The number of benzene rings is 8. The molecule has 55 heavy (non-hydrogen) atoms. The van der Waals surface area contributed by atoms with Gasteiger partial charge in [0.25, 0.3) is 0 Å². The molecule has 0 aliphatic heterocycles. The van der Waals surface area contributed by atoms with Crippen LogP contribution >= 0.6 is 0 Å². The minimum absolute atomic E-state index is 0.0279. The number of nitriles is 1. The average molecular weight is 700 g/mol. The highest BCUT2D eigenvalue weighted by Gasteiger charge is 2.32. The molecule has 1 heterocycles. The van der Waals surface area contributed by atoms with Crippen LogP contribution in [0.4, 0.5) is 22.9 Å². The van der Waals surface area contributed by atoms with Crippen molar-refractivity contribution in [3.05, 3.63) is 193 Å². The molecule has 8 aromatic carbocycles. The molecule has 5 heteroatoms. The molecule has 9 aromatic rings. The highest BCUT2D eigenvalue weighted by molar-refractivity contribution is 6.28. The molecule has 0 radical (unpaired) electrons. The van der Waals surface area contributed by atoms with Crippen molar-refractivity contribution in [2.24, 2.45) is 0 Å². The molecule has 0 atom stereocenters. The fraction of sp³-hybridized carbons (Fsp3) is 0. The second-order valence-corrected chi connectivity index (χ2v) is 13.5. The lowest BCUT2D eigenvalue weighted by Crippen LogP contribution is -2.09. The van der Waals surface area contributed by atoms with Gasteiger partial charge in [-0.1, -0.05) is 140 Å². The van der Waals surface area contributed by atoms with E-state index >= 15 is 0 Å². The summed E-state index contributed by atoms with van der Waals surface area (Å²) in [6, 6.07) is 63.9. The third-order valence-corrected chi connectivity index (χ3v) is 10.5. The maximum Gasteiger partial charge on any atom is 0.307 e. The number of fused-ring (bicyclic) bond motifs is 5. The van der Waals surface area contributed by atoms with Gasteiger partial charge in [0, 0.05) is 33.6 Å². The van der Waals surface area contributed by atoms with Crippen LogP contribution in [0, 0.1) is 17.9 Å². The van der Waals surface area contributed by atoms with Gasteiger partial charge in [0.15, 0.2) is 11.4 Å². The lowest BCUT2D eigenvalue weighted by molar-refractivity contribution is 1.21. The summed E-state index contributed by atoms with van der Waals surface area (Å²) < 4.78 is 0. The molecule has 0 bridgehead atoms. The summed E-state index contributed by atoms with van der Waals surface area (Å²) in [5.41, 5.74) is 13.3. The molecule has 254 valence electrons. The van der Waals surface area contributed by atoms with Crippen LogP contribution in [0.25, 0.3) is 82.3 Å². The second kappa shape index (κ2) is 13.0. The van der Waals surface area contributed by atoms with Gasteiger partial charge in [0.2, 0.25) is 0 Å². The van der Waals surface area contributed by atoms with Gasteiger partial charge in [-0.25, -0.2) is 4.98 Å². The first kappa shape index (κ1) is 31.8. The Morgan fingerprint density at radius 1 is 0.455 bits per heavy atom. The zero-order valence-corrected chi connectivity index (χ0v) is 29.5. The molecule has 5 nitrogen and oxygen atoms in total. The molecule has 0 saturated heterocycles. The van der Waals surface area contributed by atoms with Crippen molar-refractivity contribution in [3.8, 4) is 62.0 Å². The molecule has 0 unspecified atom stereocenters. The smallest absolute Gasteiger partial charge is 0.307 e. The second-order valence-electron chi connectivity index (χ2n) is 13.5. The van der Waals surface area contributed by atoms with Crippen LogP contribution in [0.15, 0.2) is 176 Å². The Balaban J connectivity index is 1.11. The van der Waals surface area contributed by atoms with Crippen LogP contribution in [0.1, 0.15) is 5.69 Å². The Hall–Kier alpha value is -7.86. The zero-order valence-electron chi connectivity index (χ0n) is 29.5. The van der Waals surface area contributed by atoms with Crippen molar-refractivity contribution in [3.63, 3.8) is 0 Å². The van der Waals surface area contributed by atoms with Gasteiger partial charge < -0.3 is 9.74 Å². The fourth-order valence-electron chi connectivity index (χ4n) is 8.02. The maximum atomic E-state index is 9.82. The quantitative estimate of drug-likeness (QED) is 0.128. The summed E-state index contributed by atoms with van der Waals surface area (Å²) in [4.78, 5) is 15.2. The molecular weight excluding hydrogens is 671 g/mol. The molecule has 1 aliphatic rings. The first-order valence-corrected chi connectivity index (χ1v) is 18.1. The van der Waals surface area contributed by atoms with Crippen LogP contribution in [-0.4, -0.2) is 9.97 Å². The number of aromatic nitrogens is 2. The van der Waals surface area contributed by atoms with E-state index in [1.165, 1.54) is 22.3 Å². The molecule has 1 aromatic heterocycles. The fourth-order valence-corrected chi connectivity index (χ4v) is 8.02. The summed E-state index contributed by atoms with van der Waals surface area (Å²) in [5, 5.41) is 14.1. The Labute approximate surface area is 318 Å². The predicted molar refractivity (Wildman–Crippen MR) is 223 cm³/mol. The van der Waals surface area contributed by atoms with E-state index in [0.29, 0.717) is 11.4 Å². The number of rotatable bonds is 6. The van der Waals surface area contributed by atoms with Crippen molar-refractivity contribution in [2.75, 3.05) is 4.90 Å². The number of hydrogen-bond acceptors (Lipinski definition) is 4. The molecule has 10 rings (SSSR count). The van der Waals surface area contributed by atoms with E-state index < -0.39 is 0 Å². The Bertz CT molecular complexity index is 2930. The van der Waals surface area contributed by atoms with E-state index in [-0.39, 0.29) is 11.5 Å². The monoisotopic (exact) mass is 699 g/mol. The van der Waals surface area contributed by atoms with E-state index in [1.54, 1.807) is 0 Å². The molecule has 0 fully saturated rings. The minimum Gasteiger partial charge on any atom is -0.358 e. The summed E-state index contributed by atoms with van der Waals surface area (Å²) in [6.07, 6.45) is 0. The van der Waals surface area contributed by atoms with E-state index in [2.05, 4.69) is 166 Å². The normalized spacial score (nSPS) is 11.2. The van der Waals surface area contributed by atoms with Crippen molar-refractivity contribution >= 4 is 44.4 Å². The average Bonchev–Trinajstić information content (AvgIpc) is 3.59. The van der Waals surface area contributed by atoms with E-state index in [1.807, 2.05) is 30.3 Å². The van der Waals surface area contributed by atoms with Crippen LogP contribution < -0.4 is 4.90 Å². The third-order valence-electron chi connectivity index (χ3n) is 10.5. The van der Waals surface area contributed by atoms with Crippen LogP contribution in [0.3, 0.4) is 0 Å². The summed E-state index contributed by atoms with van der Waals surface area (Å²) in [5.74, 6) is 0.0279. The van der Waals surface area contributed by atoms with Crippen molar-refractivity contribution in [1.29, 1.82) is 5.26 Å². The number of nitrogens with zero attached hydrogens (tertiary/aromatic N) is 5. The highest BCUT2D eigenvalue weighted by atomic mass is 15.1. The molecule has 0 saturated carbocycles. The first-order chi connectivity index (χ1) is 27.2. The molecule has 0 N–H and O–H groups in total. The molecular formula is C50H29N5. The third kappa shape index (κ3) is 5.23. The van der Waals surface area contributed by atoms with E-state index in [0.717, 1.165) is 60.9 Å². The SMILES string of the molecule is [C-]#[N+]c1nc2c(nc1C#N)-c1c3ccccc3c(-c3ccc(N(c4ccc(-c5ccccc5)cc4)c4ccc(-c5ccccc5)cc4)cc3)c3cccc-2c13. The topological polar surface area (TPSA) is 57.2 Å². The summed E-state index contributed by atoms with van der Waals surface area (Å²) in [7, 11) is 0.